The largest absolute Gasteiger partial charge is 0.436 e. The molecule has 29 heavy (non-hydrogen) atoms. The number of nitrogens with one attached hydrogen (secondary N) is 2. The van der Waals surface area contributed by atoms with Crippen LogP contribution >= 0.6 is 0 Å². The molecule has 0 saturated heterocycles. The van der Waals surface area contributed by atoms with E-state index in [9.17, 15) is 0 Å². The van der Waals surface area contributed by atoms with E-state index in [1.54, 1.807) is 42.6 Å². The Balaban J connectivity index is 1.72. The van der Waals surface area contributed by atoms with Gasteiger partial charge < -0.3 is 15.0 Å². The Morgan fingerprint density at radius 2 is 1.83 bits per heavy atom. The van der Waals surface area contributed by atoms with Gasteiger partial charge in [-0.2, -0.15) is 10.2 Å². The molecule has 4 aromatic rings. The van der Waals surface area contributed by atoms with Gasteiger partial charge in [0.25, 0.3) is 0 Å². The summed E-state index contributed by atoms with van der Waals surface area (Å²) in [5.74, 6) is 1.43. The monoisotopic (exact) mass is 380 g/mol. The van der Waals surface area contributed by atoms with Gasteiger partial charge in [-0.3, -0.25) is 0 Å². The Bertz CT molecular complexity index is 1270. The van der Waals surface area contributed by atoms with E-state index in [0.29, 0.717) is 39.9 Å². The lowest BCUT2D eigenvalue weighted by atomic mass is 10.1. The molecule has 0 saturated carbocycles. The van der Waals surface area contributed by atoms with E-state index in [0.717, 1.165) is 16.8 Å². The van der Waals surface area contributed by atoms with Gasteiger partial charge in [-0.05, 0) is 67.4 Å². The Labute approximate surface area is 167 Å². The maximum absolute atomic E-state index is 8.94. The van der Waals surface area contributed by atoms with Crippen molar-refractivity contribution in [1.29, 1.82) is 5.26 Å². The standard InChI is InChI=1S/C22H16N6O/c1-13-10-17(24-3)11-14(2)20(13)29-21-19-18(8-9-25-19)27-22(28-21)26-16-6-4-15(12-23)5-7-16/h4-11,25H,1-2H3,(H,26,27,28). The molecule has 0 unspecified atom stereocenters. The van der Waals surface area contributed by atoms with Crippen LogP contribution in [0.5, 0.6) is 11.6 Å². The number of rotatable bonds is 4. The van der Waals surface area contributed by atoms with E-state index < -0.39 is 0 Å². The summed E-state index contributed by atoms with van der Waals surface area (Å²) < 4.78 is 6.16. The van der Waals surface area contributed by atoms with Gasteiger partial charge in [0.1, 0.15) is 11.3 Å². The molecule has 0 aliphatic rings. The zero-order valence-electron chi connectivity index (χ0n) is 15.8. The molecule has 7 heteroatoms. The van der Waals surface area contributed by atoms with Crippen LogP contribution in [0, 0.1) is 31.8 Å². The molecule has 0 aliphatic carbocycles. The number of aryl methyl sites for hydroxylation is 2. The second-order valence-electron chi connectivity index (χ2n) is 6.53. The molecular weight excluding hydrogens is 364 g/mol. The summed E-state index contributed by atoms with van der Waals surface area (Å²) in [7, 11) is 0. The lowest BCUT2D eigenvalue weighted by Crippen LogP contribution is -2.01. The topological polar surface area (TPSA) is 91.0 Å². The highest BCUT2D eigenvalue weighted by molar-refractivity contribution is 5.82. The molecule has 0 aliphatic heterocycles. The van der Waals surface area contributed by atoms with E-state index >= 15 is 0 Å². The van der Waals surface area contributed by atoms with Gasteiger partial charge in [0, 0.05) is 11.9 Å². The number of aromatic amines is 1. The first-order chi connectivity index (χ1) is 14.1. The van der Waals surface area contributed by atoms with Crippen molar-refractivity contribution in [2.24, 2.45) is 0 Å². The fourth-order valence-electron chi connectivity index (χ4n) is 3.05. The number of ether oxygens (including phenoxy) is 1. The third-order valence-electron chi connectivity index (χ3n) is 4.42. The van der Waals surface area contributed by atoms with Crippen LogP contribution in [0.4, 0.5) is 17.3 Å². The number of nitrogens with zero attached hydrogens (tertiary/aromatic N) is 4. The van der Waals surface area contributed by atoms with Crippen molar-refractivity contribution >= 4 is 28.4 Å². The van der Waals surface area contributed by atoms with Crippen molar-refractivity contribution in [2.75, 3.05) is 5.32 Å². The Kier molecular flexibility index (Phi) is 4.56. The zero-order chi connectivity index (χ0) is 20.4. The van der Waals surface area contributed by atoms with Gasteiger partial charge >= 0.3 is 0 Å². The van der Waals surface area contributed by atoms with Crippen LogP contribution in [-0.4, -0.2) is 15.0 Å². The van der Waals surface area contributed by atoms with Crippen molar-refractivity contribution in [3.63, 3.8) is 0 Å². The first kappa shape index (κ1) is 18.0. The van der Waals surface area contributed by atoms with Crippen LogP contribution < -0.4 is 10.1 Å². The molecule has 2 aromatic carbocycles. The minimum Gasteiger partial charge on any atom is -0.436 e. The lowest BCUT2D eigenvalue weighted by Gasteiger charge is -2.13. The average Bonchev–Trinajstić information content (AvgIpc) is 3.20. The third-order valence-corrected chi connectivity index (χ3v) is 4.42. The van der Waals surface area contributed by atoms with Gasteiger partial charge in [0.2, 0.25) is 11.8 Å². The number of fused-ring (bicyclic) bond motifs is 1. The molecule has 0 atom stereocenters. The number of benzene rings is 2. The molecule has 4 rings (SSSR count). The van der Waals surface area contributed by atoms with Crippen LogP contribution in [0.1, 0.15) is 16.7 Å². The second kappa shape index (κ2) is 7.34. The summed E-state index contributed by atoms with van der Waals surface area (Å²) >= 11 is 0. The molecular formula is C22H16N6O. The Morgan fingerprint density at radius 1 is 1.10 bits per heavy atom. The number of aromatic nitrogens is 3. The first-order valence-corrected chi connectivity index (χ1v) is 8.86. The van der Waals surface area contributed by atoms with E-state index in [-0.39, 0.29) is 0 Å². The molecule has 0 fully saturated rings. The van der Waals surface area contributed by atoms with Gasteiger partial charge in [-0.15, -0.1) is 0 Å². The van der Waals surface area contributed by atoms with Crippen molar-refractivity contribution in [3.8, 4) is 17.7 Å². The first-order valence-electron chi connectivity index (χ1n) is 8.86. The number of nitriles is 1. The zero-order valence-corrected chi connectivity index (χ0v) is 15.8. The minimum atomic E-state index is 0.380. The number of hydrogen-bond donors (Lipinski definition) is 2. The summed E-state index contributed by atoms with van der Waals surface area (Å²) in [5.41, 5.74) is 5.02. The van der Waals surface area contributed by atoms with Gasteiger partial charge in [-0.25, -0.2) is 9.83 Å². The van der Waals surface area contributed by atoms with Crippen molar-refractivity contribution in [1.82, 2.24) is 15.0 Å². The van der Waals surface area contributed by atoms with Crippen LogP contribution in [0.15, 0.2) is 48.7 Å². The molecule has 0 radical (unpaired) electrons. The fraction of sp³-hybridized carbons (Fsp3) is 0.0909. The maximum atomic E-state index is 8.94. The lowest BCUT2D eigenvalue weighted by molar-refractivity contribution is 0.461. The summed E-state index contributed by atoms with van der Waals surface area (Å²) in [6, 6.07) is 14.5. The highest BCUT2D eigenvalue weighted by Crippen LogP contribution is 2.34. The highest BCUT2D eigenvalue weighted by Gasteiger charge is 2.14. The van der Waals surface area contributed by atoms with E-state index in [1.165, 1.54) is 0 Å². The summed E-state index contributed by atoms with van der Waals surface area (Å²) in [6.07, 6.45) is 1.78. The molecule has 0 spiro atoms. The molecule has 2 aromatic heterocycles. The number of H-pyrrole nitrogens is 1. The quantitative estimate of drug-likeness (QED) is 0.454. The SMILES string of the molecule is [C-]#[N+]c1cc(C)c(Oc2nc(Nc3ccc(C#N)cc3)nc3cc[nH]c23)c(C)c1. The summed E-state index contributed by atoms with van der Waals surface area (Å²) in [5, 5.41) is 12.1. The molecule has 0 bridgehead atoms. The molecule has 140 valence electrons. The number of anilines is 2. The molecule has 7 nitrogen and oxygen atoms in total. The summed E-state index contributed by atoms with van der Waals surface area (Å²) in [6.45, 7) is 11.0. The van der Waals surface area contributed by atoms with Gasteiger partial charge in [-0.1, -0.05) is 0 Å². The summed E-state index contributed by atoms with van der Waals surface area (Å²) in [4.78, 5) is 15.6. The Hall–Kier alpha value is -4.36. The van der Waals surface area contributed by atoms with Crippen LogP contribution in [0.2, 0.25) is 0 Å². The fourth-order valence-corrected chi connectivity index (χ4v) is 3.05. The second-order valence-corrected chi connectivity index (χ2v) is 6.53. The highest BCUT2D eigenvalue weighted by atomic mass is 16.5. The van der Waals surface area contributed by atoms with Crippen molar-refractivity contribution < 1.29 is 4.74 Å². The van der Waals surface area contributed by atoms with E-state index in [1.807, 2.05) is 19.9 Å². The maximum Gasteiger partial charge on any atom is 0.248 e. The average molecular weight is 380 g/mol. The smallest absolute Gasteiger partial charge is 0.248 e. The molecule has 2 N–H and O–H groups in total. The van der Waals surface area contributed by atoms with Crippen LogP contribution in [-0.2, 0) is 0 Å². The van der Waals surface area contributed by atoms with Gasteiger partial charge in [0.05, 0.1) is 23.7 Å². The molecule has 2 heterocycles. The predicted octanol–water partition coefficient (Wildman–Crippen LogP) is 5.53. The third kappa shape index (κ3) is 3.58. The van der Waals surface area contributed by atoms with Gasteiger partial charge in [0.15, 0.2) is 5.69 Å². The van der Waals surface area contributed by atoms with E-state index in [4.69, 9.17) is 16.6 Å². The number of hydrogen-bond acceptors (Lipinski definition) is 5. The van der Waals surface area contributed by atoms with E-state index in [2.05, 4.69) is 31.2 Å². The van der Waals surface area contributed by atoms with Crippen LogP contribution in [0.25, 0.3) is 15.9 Å². The molecule has 0 amide bonds. The van der Waals surface area contributed by atoms with Crippen LogP contribution in [0.3, 0.4) is 0 Å². The minimum absolute atomic E-state index is 0.380. The van der Waals surface area contributed by atoms with Crippen molar-refractivity contribution in [3.05, 3.63) is 76.8 Å². The van der Waals surface area contributed by atoms with Crippen molar-refractivity contribution in [2.45, 2.75) is 13.8 Å². The Morgan fingerprint density at radius 3 is 2.48 bits per heavy atom. The predicted molar refractivity (Wildman–Crippen MR) is 111 cm³/mol. The normalized spacial score (nSPS) is 10.3.